The number of nitrogens with one attached hydrogen (secondary N) is 2. The smallest absolute Gasteiger partial charge is 0.233 e. The topological polar surface area (TPSA) is 86.1 Å². The first-order valence-electron chi connectivity index (χ1n) is 3.11. The van der Waals surface area contributed by atoms with Crippen LogP contribution in [-0.2, 0) is 4.79 Å². The first-order chi connectivity index (χ1) is 5.63. The monoisotopic (exact) mass is 185 g/mol. The van der Waals surface area contributed by atoms with E-state index in [2.05, 4.69) is 10.3 Å². The molecule has 0 spiro atoms. The number of nitrogens with zero attached hydrogens (tertiary/aromatic N) is 1. The van der Waals surface area contributed by atoms with Gasteiger partial charge in [-0.25, -0.2) is 0 Å². The Bertz CT molecular complexity index is 321. The summed E-state index contributed by atoms with van der Waals surface area (Å²) >= 11 is 1.05. The zero-order chi connectivity index (χ0) is 9.14. The van der Waals surface area contributed by atoms with E-state index in [-0.39, 0.29) is 11.8 Å². The van der Waals surface area contributed by atoms with Gasteiger partial charge in [-0.1, -0.05) is 11.3 Å². The van der Waals surface area contributed by atoms with Crippen LogP contribution < -0.4 is 5.32 Å². The van der Waals surface area contributed by atoms with E-state index in [0.29, 0.717) is 10.0 Å². The molecule has 64 valence electrons. The molecule has 1 aromatic rings. The average molecular weight is 185 g/mol. The van der Waals surface area contributed by atoms with Gasteiger partial charge in [0.1, 0.15) is 4.88 Å². The van der Waals surface area contributed by atoms with Crippen molar-refractivity contribution in [2.45, 2.75) is 6.92 Å². The highest BCUT2D eigenvalue weighted by atomic mass is 32.1. The molecule has 0 bridgehead atoms. The fraction of sp³-hybridized carbons (Fsp3) is 0.167. The van der Waals surface area contributed by atoms with Gasteiger partial charge in [-0.05, 0) is 0 Å². The summed E-state index contributed by atoms with van der Waals surface area (Å²) in [6, 6.07) is 0. The van der Waals surface area contributed by atoms with Crippen LogP contribution in [0.25, 0.3) is 0 Å². The Kier molecular flexibility index (Phi) is 2.39. The van der Waals surface area contributed by atoms with Gasteiger partial charge >= 0.3 is 0 Å². The standard InChI is InChI=1S/C6H7N3O2S/c1-3(10)8-6-9-5(11)4(2-7)12-6/h2,7,11H,1H3,(H,8,9,10). The van der Waals surface area contributed by atoms with E-state index in [9.17, 15) is 4.79 Å². The van der Waals surface area contributed by atoms with Crippen LogP contribution in [0.2, 0.25) is 0 Å². The molecule has 0 saturated carbocycles. The lowest BCUT2D eigenvalue weighted by atomic mass is 10.6. The predicted molar refractivity (Wildman–Crippen MR) is 46.0 cm³/mol. The van der Waals surface area contributed by atoms with Gasteiger partial charge in [0.25, 0.3) is 0 Å². The number of hydrogen-bond donors (Lipinski definition) is 3. The second kappa shape index (κ2) is 3.31. The van der Waals surface area contributed by atoms with E-state index in [4.69, 9.17) is 10.5 Å². The third kappa shape index (κ3) is 1.79. The average Bonchev–Trinajstić information content (AvgIpc) is 2.29. The van der Waals surface area contributed by atoms with Gasteiger partial charge in [0, 0.05) is 13.1 Å². The predicted octanol–water partition coefficient (Wildman–Crippen LogP) is 0.805. The molecule has 0 aromatic carbocycles. The van der Waals surface area contributed by atoms with Gasteiger partial charge in [-0.2, -0.15) is 4.98 Å². The molecule has 0 aliphatic carbocycles. The third-order valence-electron chi connectivity index (χ3n) is 1.05. The van der Waals surface area contributed by atoms with E-state index in [0.717, 1.165) is 17.6 Å². The van der Waals surface area contributed by atoms with Crippen LogP contribution in [-0.4, -0.2) is 22.2 Å². The van der Waals surface area contributed by atoms with Crippen molar-refractivity contribution in [2.75, 3.05) is 5.32 Å². The number of rotatable bonds is 2. The summed E-state index contributed by atoms with van der Waals surface area (Å²) in [5, 5.41) is 18.6. The molecule has 0 aliphatic rings. The molecule has 0 saturated heterocycles. The lowest BCUT2D eigenvalue weighted by molar-refractivity contribution is -0.114. The summed E-state index contributed by atoms with van der Waals surface area (Å²) in [6.07, 6.45) is 0.984. The zero-order valence-corrected chi connectivity index (χ0v) is 7.10. The Hall–Kier alpha value is -1.43. The number of carbonyl (C=O) groups is 1. The molecule has 3 N–H and O–H groups in total. The first-order valence-corrected chi connectivity index (χ1v) is 3.93. The molecule has 0 atom stereocenters. The van der Waals surface area contributed by atoms with Crippen molar-refractivity contribution in [1.29, 1.82) is 5.41 Å². The molecule has 0 unspecified atom stereocenters. The van der Waals surface area contributed by atoms with Gasteiger partial charge in [-0.3, -0.25) is 4.79 Å². The first kappa shape index (κ1) is 8.66. The van der Waals surface area contributed by atoms with E-state index < -0.39 is 0 Å². The van der Waals surface area contributed by atoms with E-state index in [1.54, 1.807) is 0 Å². The Morgan fingerprint density at radius 1 is 1.83 bits per heavy atom. The molecule has 1 aromatic heterocycles. The zero-order valence-electron chi connectivity index (χ0n) is 6.29. The van der Waals surface area contributed by atoms with Crippen molar-refractivity contribution in [3.8, 4) is 5.88 Å². The third-order valence-corrected chi connectivity index (χ3v) is 1.96. The second-order valence-corrected chi connectivity index (χ2v) is 3.06. The maximum atomic E-state index is 10.5. The molecule has 1 heterocycles. The minimum Gasteiger partial charge on any atom is -0.492 e. The summed E-state index contributed by atoms with van der Waals surface area (Å²) < 4.78 is 0. The van der Waals surface area contributed by atoms with E-state index in [1.807, 2.05) is 0 Å². The summed E-state index contributed by atoms with van der Waals surface area (Å²) in [4.78, 5) is 14.5. The second-order valence-electron chi connectivity index (χ2n) is 2.03. The summed E-state index contributed by atoms with van der Waals surface area (Å²) in [5.41, 5.74) is 0. The van der Waals surface area contributed by atoms with Gasteiger partial charge in [0.2, 0.25) is 11.8 Å². The number of aromatic nitrogens is 1. The van der Waals surface area contributed by atoms with Crippen molar-refractivity contribution in [3.63, 3.8) is 0 Å². The van der Waals surface area contributed by atoms with Crippen LogP contribution in [0, 0.1) is 5.41 Å². The minimum absolute atomic E-state index is 0.223. The van der Waals surface area contributed by atoms with Gasteiger partial charge in [0.15, 0.2) is 5.13 Å². The largest absolute Gasteiger partial charge is 0.492 e. The van der Waals surface area contributed by atoms with Crippen LogP contribution in [0.5, 0.6) is 5.88 Å². The lowest BCUT2D eigenvalue weighted by Crippen LogP contribution is -2.04. The highest BCUT2D eigenvalue weighted by Gasteiger charge is 2.07. The Balaban J connectivity index is 2.89. The molecular weight excluding hydrogens is 178 g/mol. The maximum Gasteiger partial charge on any atom is 0.233 e. The Morgan fingerprint density at radius 3 is 2.92 bits per heavy atom. The lowest BCUT2D eigenvalue weighted by Gasteiger charge is -1.91. The fourth-order valence-corrected chi connectivity index (χ4v) is 1.35. The van der Waals surface area contributed by atoms with E-state index >= 15 is 0 Å². The van der Waals surface area contributed by atoms with Crippen molar-refractivity contribution in [2.24, 2.45) is 0 Å². The Labute approximate surface area is 72.6 Å². The normalized spacial score (nSPS) is 9.42. The molecule has 1 amide bonds. The van der Waals surface area contributed by atoms with Crippen molar-refractivity contribution in [3.05, 3.63) is 4.88 Å². The molecule has 0 radical (unpaired) electrons. The highest BCUT2D eigenvalue weighted by Crippen LogP contribution is 2.25. The fourth-order valence-electron chi connectivity index (χ4n) is 0.622. The Morgan fingerprint density at radius 2 is 2.50 bits per heavy atom. The number of hydrogen-bond acceptors (Lipinski definition) is 5. The summed E-state index contributed by atoms with van der Waals surface area (Å²) in [6.45, 7) is 1.35. The molecule has 12 heavy (non-hydrogen) atoms. The maximum absolute atomic E-state index is 10.5. The molecule has 1 rings (SSSR count). The number of amides is 1. The van der Waals surface area contributed by atoms with Crippen LogP contribution in [0.4, 0.5) is 5.13 Å². The van der Waals surface area contributed by atoms with Crippen LogP contribution >= 0.6 is 11.3 Å². The quantitative estimate of drug-likeness (QED) is 0.596. The van der Waals surface area contributed by atoms with Crippen LogP contribution in [0.15, 0.2) is 0 Å². The highest BCUT2D eigenvalue weighted by molar-refractivity contribution is 7.17. The van der Waals surface area contributed by atoms with Crippen LogP contribution in [0.1, 0.15) is 11.8 Å². The van der Waals surface area contributed by atoms with Crippen molar-refractivity contribution in [1.82, 2.24) is 4.98 Å². The molecular formula is C6H7N3O2S. The molecule has 6 heteroatoms. The number of aromatic hydroxyl groups is 1. The number of thiazole rings is 1. The summed E-state index contributed by atoms with van der Waals surface area (Å²) in [5.74, 6) is -0.473. The van der Waals surface area contributed by atoms with Gasteiger partial charge in [-0.15, -0.1) is 0 Å². The van der Waals surface area contributed by atoms with Crippen molar-refractivity contribution >= 4 is 28.6 Å². The van der Waals surface area contributed by atoms with Gasteiger partial charge < -0.3 is 15.8 Å². The van der Waals surface area contributed by atoms with E-state index in [1.165, 1.54) is 6.92 Å². The summed E-state index contributed by atoms with van der Waals surface area (Å²) in [7, 11) is 0. The minimum atomic E-state index is -0.250. The number of anilines is 1. The van der Waals surface area contributed by atoms with Crippen molar-refractivity contribution < 1.29 is 9.90 Å². The molecule has 0 fully saturated rings. The number of carbonyl (C=O) groups excluding carboxylic acids is 1. The SMILES string of the molecule is CC(=O)Nc1nc(O)c(C=N)s1. The molecule has 5 nitrogen and oxygen atoms in total. The molecule has 0 aliphatic heterocycles. The van der Waals surface area contributed by atoms with Gasteiger partial charge in [0.05, 0.1) is 0 Å². The van der Waals surface area contributed by atoms with Crippen LogP contribution in [0.3, 0.4) is 0 Å².